The van der Waals surface area contributed by atoms with Gasteiger partial charge in [-0.15, -0.1) is 10.2 Å². The number of thioether (sulfide) groups is 1. The monoisotopic (exact) mass is 396 g/mol. The lowest BCUT2D eigenvalue weighted by Crippen LogP contribution is -2.15. The van der Waals surface area contributed by atoms with E-state index in [-0.39, 0.29) is 11.7 Å². The van der Waals surface area contributed by atoms with Gasteiger partial charge in [0.1, 0.15) is 12.4 Å². The molecular weight excluding hydrogens is 372 g/mol. The van der Waals surface area contributed by atoms with E-state index in [1.165, 1.54) is 11.8 Å². The summed E-state index contributed by atoms with van der Waals surface area (Å²) in [6.07, 6.45) is 0.872. The summed E-state index contributed by atoms with van der Waals surface area (Å²) >= 11 is 1.35. The van der Waals surface area contributed by atoms with E-state index in [1.807, 2.05) is 67.1 Å². The van der Waals surface area contributed by atoms with Gasteiger partial charge in [-0.3, -0.25) is 4.79 Å². The molecule has 0 aliphatic heterocycles. The van der Waals surface area contributed by atoms with Crippen molar-refractivity contribution >= 4 is 23.4 Å². The standard InChI is InChI=1S/C21H24N4O2S/c1-4-16-9-5-6-11-18(16)22-20(26)14-28-21-24-23-19(25(21)3)13-27-17-10-7-8-15(2)12-17/h5-12H,4,13-14H2,1-3H3,(H,22,26). The molecule has 1 aromatic heterocycles. The molecule has 7 heteroatoms. The Balaban J connectivity index is 1.54. The summed E-state index contributed by atoms with van der Waals surface area (Å²) in [5.41, 5.74) is 3.12. The molecule has 3 aromatic rings. The minimum Gasteiger partial charge on any atom is -0.486 e. The van der Waals surface area contributed by atoms with Crippen LogP contribution in [0.25, 0.3) is 0 Å². The Morgan fingerprint density at radius 2 is 2.00 bits per heavy atom. The molecule has 2 aromatic carbocycles. The Morgan fingerprint density at radius 1 is 1.18 bits per heavy atom. The van der Waals surface area contributed by atoms with E-state index < -0.39 is 0 Å². The van der Waals surface area contributed by atoms with E-state index >= 15 is 0 Å². The van der Waals surface area contributed by atoms with Crippen molar-refractivity contribution in [3.05, 3.63) is 65.5 Å². The molecule has 0 unspecified atom stereocenters. The van der Waals surface area contributed by atoms with Crippen LogP contribution in [-0.4, -0.2) is 26.4 Å². The van der Waals surface area contributed by atoms with Crippen molar-refractivity contribution in [2.45, 2.75) is 32.0 Å². The zero-order valence-corrected chi connectivity index (χ0v) is 17.1. The van der Waals surface area contributed by atoms with Crippen molar-refractivity contribution < 1.29 is 9.53 Å². The molecule has 0 bridgehead atoms. The Morgan fingerprint density at radius 3 is 2.79 bits per heavy atom. The molecule has 6 nitrogen and oxygen atoms in total. The summed E-state index contributed by atoms with van der Waals surface area (Å²) in [6, 6.07) is 15.7. The Kier molecular flexibility index (Phi) is 6.71. The van der Waals surface area contributed by atoms with Crippen molar-refractivity contribution in [1.82, 2.24) is 14.8 Å². The van der Waals surface area contributed by atoms with Crippen LogP contribution >= 0.6 is 11.8 Å². The van der Waals surface area contributed by atoms with Gasteiger partial charge in [0.15, 0.2) is 11.0 Å². The van der Waals surface area contributed by atoms with Gasteiger partial charge in [-0.25, -0.2) is 0 Å². The lowest BCUT2D eigenvalue weighted by Gasteiger charge is -2.09. The fourth-order valence-corrected chi connectivity index (χ4v) is 3.45. The number of nitrogens with zero attached hydrogens (tertiary/aromatic N) is 3. The van der Waals surface area contributed by atoms with E-state index in [1.54, 1.807) is 0 Å². The minimum atomic E-state index is -0.0635. The van der Waals surface area contributed by atoms with Crippen LogP contribution in [0.2, 0.25) is 0 Å². The van der Waals surface area contributed by atoms with Gasteiger partial charge in [0, 0.05) is 12.7 Å². The number of hydrogen-bond donors (Lipinski definition) is 1. The van der Waals surface area contributed by atoms with Crippen LogP contribution in [0.3, 0.4) is 0 Å². The molecular formula is C21H24N4O2S. The van der Waals surface area contributed by atoms with E-state index in [4.69, 9.17) is 4.74 Å². The number of para-hydroxylation sites is 1. The van der Waals surface area contributed by atoms with Crippen LogP contribution in [-0.2, 0) is 24.9 Å². The number of anilines is 1. The fraction of sp³-hybridized carbons (Fsp3) is 0.286. The predicted octanol–water partition coefficient (Wildman–Crippen LogP) is 4.00. The third-order valence-corrected chi connectivity index (χ3v) is 5.31. The molecule has 0 saturated heterocycles. The highest BCUT2D eigenvalue weighted by atomic mass is 32.2. The molecule has 0 aliphatic carbocycles. The maximum Gasteiger partial charge on any atom is 0.234 e. The number of nitrogens with one attached hydrogen (secondary N) is 1. The number of aryl methyl sites for hydroxylation is 2. The molecule has 0 saturated carbocycles. The first-order valence-corrected chi connectivity index (χ1v) is 10.1. The maximum absolute atomic E-state index is 12.3. The number of ether oxygens (including phenoxy) is 1. The van der Waals surface area contributed by atoms with Crippen LogP contribution in [0.15, 0.2) is 53.7 Å². The number of carbonyl (C=O) groups is 1. The van der Waals surface area contributed by atoms with Crippen LogP contribution in [0.1, 0.15) is 23.9 Å². The van der Waals surface area contributed by atoms with Crippen molar-refractivity contribution in [3.63, 3.8) is 0 Å². The molecule has 146 valence electrons. The maximum atomic E-state index is 12.3. The van der Waals surface area contributed by atoms with Crippen molar-refractivity contribution in [2.24, 2.45) is 7.05 Å². The molecule has 28 heavy (non-hydrogen) atoms. The van der Waals surface area contributed by atoms with Crippen molar-refractivity contribution in [1.29, 1.82) is 0 Å². The van der Waals surface area contributed by atoms with Crippen LogP contribution < -0.4 is 10.1 Å². The molecule has 0 spiro atoms. The molecule has 1 N–H and O–H groups in total. The molecule has 0 atom stereocenters. The second-order valence-corrected chi connectivity index (χ2v) is 7.35. The summed E-state index contributed by atoms with van der Waals surface area (Å²) in [7, 11) is 1.88. The number of hydrogen-bond acceptors (Lipinski definition) is 5. The molecule has 0 aliphatic rings. The number of benzene rings is 2. The van der Waals surface area contributed by atoms with Crippen LogP contribution in [0.4, 0.5) is 5.69 Å². The summed E-state index contributed by atoms with van der Waals surface area (Å²) in [6.45, 7) is 4.41. The van der Waals surface area contributed by atoms with E-state index in [2.05, 4.69) is 22.4 Å². The third-order valence-electron chi connectivity index (χ3n) is 4.29. The number of rotatable bonds is 8. The van der Waals surface area contributed by atoms with Gasteiger partial charge in [-0.05, 0) is 42.7 Å². The van der Waals surface area contributed by atoms with Gasteiger partial charge >= 0.3 is 0 Å². The Bertz CT molecular complexity index is 955. The quantitative estimate of drug-likeness (QED) is 0.583. The smallest absolute Gasteiger partial charge is 0.234 e. The van der Waals surface area contributed by atoms with Crippen molar-refractivity contribution in [2.75, 3.05) is 11.1 Å². The lowest BCUT2D eigenvalue weighted by molar-refractivity contribution is -0.113. The molecule has 1 amide bonds. The molecule has 0 fully saturated rings. The second kappa shape index (κ2) is 9.41. The molecule has 3 rings (SSSR count). The highest BCUT2D eigenvalue weighted by Crippen LogP contribution is 2.20. The summed E-state index contributed by atoms with van der Waals surface area (Å²) < 4.78 is 7.64. The van der Waals surface area contributed by atoms with Crippen LogP contribution in [0.5, 0.6) is 5.75 Å². The van der Waals surface area contributed by atoms with Gasteiger partial charge in [0.25, 0.3) is 0 Å². The van der Waals surface area contributed by atoms with Gasteiger partial charge in [-0.2, -0.15) is 0 Å². The summed E-state index contributed by atoms with van der Waals surface area (Å²) in [5.74, 6) is 1.71. The normalized spacial score (nSPS) is 10.7. The predicted molar refractivity (Wildman–Crippen MR) is 112 cm³/mol. The van der Waals surface area contributed by atoms with E-state index in [9.17, 15) is 4.79 Å². The van der Waals surface area contributed by atoms with Gasteiger partial charge in [0.05, 0.1) is 5.75 Å². The zero-order valence-electron chi connectivity index (χ0n) is 16.3. The molecule has 0 radical (unpaired) electrons. The SMILES string of the molecule is CCc1ccccc1NC(=O)CSc1nnc(COc2cccc(C)c2)n1C. The second-order valence-electron chi connectivity index (χ2n) is 6.41. The fourth-order valence-electron chi connectivity index (χ4n) is 2.72. The highest BCUT2D eigenvalue weighted by molar-refractivity contribution is 7.99. The largest absolute Gasteiger partial charge is 0.486 e. The Labute approximate surface area is 169 Å². The highest BCUT2D eigenvalue weighted by Gasteiger charge is 2.13. The van der Waals surface area contributed by atoms with Gasteiger partial charge in [0.2, 0.25) is 5.91 Å². The number of carbonyl (C=O) groups excluding carboxylic acids is 1. The van der Waals surface area contributed by atoms with E-state index in [0.717, 1.165) is 29.0 Å². The summed E-state index contributed by atoms with van der Waals surface area (Å²) in [5, 5.41) is 12.0. The number of aromatic nitrogens is 3. The minimum absolute atomic E-state index is 0.0635. The van der Waals surface area contributed by atoms with Gasteiger partial charge < -0.3 is 14.6 Å². The third kappa shape index (κ3) is 5.13. The first-order valence-electron chi connectivity index (χ1n) is 9.15. The summed E-state index contributed by atoms with van der Waals surface area (Å²) in [4.78, 5) is 12.3. The number of amides is 1. The topological polar surface area (TPSA) is 69.0 Å². The molecule has 1 heterocycles. The zero-order chi connectivity index (χ0) is 19.9. The lowest BCUT2D eigenvalue weighted by atomic mass is 10.1. The van der Waals surface area contributed by atoms with Crippen molar-refractivity contribution in [3.8, 4) is 5.75 Å². The van der Waals surface area contributed by atoms with E-state index in [0.29, 0.717) is 17.6 Å². The Hall–Kier alpha value is -2.80. The van der Waals surface area contributed by atoms with Crippen LogP contribution in [0, 0.1) is 6.92 Å². The van der Waals surface area contributed by atoms with Gasteiger partial charge in [-0.1, -0.05) is 49.0 Å². The average Bonchev–Trinajstić information content (AvgIpc) is 3.05. The first kappa shape index (κ1) is 19.9. The average molecular weight is 397 g/mol. The first-order chi connectivity index (χ1) is 13.6.